The van der Waals surface area contributed by atoms with E-state index in [2.05, 4.69) is 11.9 Å². The molecule has 4 nitrogen and oxygen atoms in total. The minimum Gasteiger partial charge on any atom is -0.490 e. The molecular weight excluding hydrogens is 355 g/mol. The molecule has 1 saturated heterocycles. The van der Waals surface area contributed by atoms with Gasteiger partial charge in [-0.25, -0.2) is 4.39 Å². The predicted molar refractivity (Wildman–Crippen MR) is 102 cm³/mol. The van der Waals surface area contributed by atoms with Crippen molar-refractivity contribution in [1.29, 1.82) is 0 Å². The Labute approximate surface area is 159 Å². The van der Waals surface area contributed by atoms with Gasteiger partial charge in [-0.05, 0) is 42.0 Å². The molecule has 1 amide bonds. The molecule has 0 saturated carbocycles. The van der Waals surface area contributed by atoms with E-state index in [1.54, 1.807) is 41.3 Å². The van der Waals surface area contributed by atoms with Crippen LogP contribution in [-0.4, -0.2) is 37.0 Å². The van der Waals surface area contributed by atoms with Crippen LogP contribution >= 0.6 is 12.4 Å². The van der Waals surface area contributed by atoms with Crippen LogP contribution < -0.4 is 10.1 Å². The van der Waals surface area contributed by atoms with Gasteiger partial charge in [0.05, 0.1) is 6.04 Å². The van der Waals surface area contributed by atoms with Crippen LogP contribution in [0.4, 0.5) is 4.39 Å². The third-order valence-electron chi connectivity index (χ3n) is 4.21. The van der Waals surface area contributed by atoms with E-state index in [-0.39, 0.29) is 30.2 Å². The number of nitrogens with zero attached hydrogens (tertiary/aromatic N) is 1. The molecule has 3 rings (SSSR count). The second kappa shape index (κ2) is 9.36. The van der Waals surface area contributed by atoms with Gasteiger partial charge in [-0.1, -0.05) is 24.8 Å². The minimum absolute atomic E-state index is 0. The fourth-order valence-corrected chi connectivity index (χ4v) is 2.97. The van der Waals surface area contributed by atoms with Gasteiger partial charge in [-0.3, -0.25) is 4.79 Å². The number of nitrogens with one attached hydrogen (secondary N) is 1. The zero-order chi connectivity index (χ0) is 17.6. The van der Waals surface area contributed by atoms with Crippen LogP contribution in [-0.2, 0) is 0 Å². The van der Waals surface area contributed by atoms with Crippen molar-refractivity contribution in [3.63, 3.8) is 0 Å². The van der Waals surface area contributed by atoms with E-state index in [0.717, 1.165) is 12.1 Å². The first-order valence-electron chi connectivity index (χ1n) is 8.30. The molecule has 1 unspecified atom stereocenters. The van der Waals surface area contributed by atoms with Gasteiger partial charge in [0.15, 0.2) is 0 Å². The Morgan fingerprint density at radius 3 is 2.77 bits per heavy atom. The molecule has 1 heterocycles. The normalized spacial score (nSPS) is 16.5. The van der Waals surface area contributed by atoms with Gasteiger partial charge in [0.25, 0.3) is 5.91 Å². The molecule has 2 aromatic rings. The average molecular weight is 377 g/mol. The van der Waals surface area contributed by atoms with Crippen LogP contribution in [0.1, 0.15) is 22.0 Å². The van der Waals surface area contributed by atoms with Crippen LogP contribution in [0.2, 0.25) is 0 Å². The van der Waals surface area contributed by atoms with Gasteiger partial charge < -0.3 is 15.0 Å². The Hall–Kier alpha value is -2.37. The van der Waals surface area contributed by atoms with Gasteiger partial charge in [-0.15, -0.1) is 12.4 Å². The molecular formula is C20H22ClFN2O2. The lowest BCUT2D eigenvalue weighted by molar-refractivity contribution is 0.0634. The number of benzene rings is 2. The number of rotatable bonds is 5. The van der Waals surface area contributed by atoms with Crippen molar-refractivity contribution < 1.29 is 13.9 Å². The number of amides is 1. The van der Waals surface area contributed by atoms with Gasteiger partial charge in [0.2, 0.25) is 0 Å². The molecule has 1 aliphatic heterocycles. The van der Waals surface area contributed by atoms with E-state index in [1.807, 2.05) is 6.07 Å². The third-order valence-corrected chi connectivity index (χ3v) is 4.21. The maximum absolute atomic E-state index is 13.6. The van der Waals surface area contributed by atoms with Crippen molar-refractivity contribution in [1.82, 2.24) is 10.2 Å². The summed E-state index contributed by atoms with van der Waals surface area (Å²) in [6, 6.07) is 13.3. The second-order valence-electron chi connectivity index (χ2n) is 5.90. The van der Waals surface area contributed by atoms with Crippen LogP contribution in [0, 0.1) is 5.82 Å². The highest BCUT2D eigenvalue weighted by Gasteiger charge is 2.28. The van der Waals surface area contributed by atoms with E-state index >= 15 is 0 Å². The van der Waals surface area contributed by atoms with Crippen molar-refractivity contribution in [2.45, 2.75) is 6.04 Å². The molecule has 26 heavy (non-hydrogen) atoms. The van der Waals surface area contributed by atoms with E-state index in [9.17, 15) is 9.18 Å². The molecule has 0 bridgehead atoms. The van der Waals surface area contributed by atoms with Gasteiger partial charge in [0.1, 0.15) is 18.2 Å². The lowest BCUT2D eigenvalue weighted by Crippen LogP contribution is -2.48. The van der Waals surface area contributed by atoms with Crippen LogP contribution in [0.3, 0.4) is 0 Å². The second-order valence-corrected chi connectivity index (χ2v) is 5.90. The van der Waals surface area contributed by atoms with Gasteiger partial charge in [0, 0.05) is 25.2 Å². The zero-order valence-electron chi connectivity index (χ0n) is 14.4. The summed E-state index contributed by atoms with van der Waals surface area (Å²) in [5.74, 6) is 0.337. The van der Waals surface area contributed by atoms with E-state index in [1.165, 1.54) is 12.1 Å². The van der Waals surface area contributed by atoms with Crippen molar-refractivity contribution in [3.05, 3.63) is 78.1 Å². The largest absolute Gasteiger partial charge is 0.490 e. The van der Waals surface area contributed by atoms with Crippen LogP contribution in [0.25, 0.3) is 0 Å². The molecule has 0 aromatic heterocycles. The predicted octanol–water partition coefficient (Wildman–Crippen LogP) is 3.60. The summed E-state index contributed by atoms with van der Waals surface area (Å²) < 4.78 is 19.0. The van der Waals surface area contributed by atoms with Gasteiger partial charge in [-0.2, -0.15) is 0 Å². The Kier molecular flexibility index (Phi) is 7.18. The number of hydrogen-bond acceptors (Lipinski definition) is 3. The Balaban J connectivity index is 0.00000243. The highest BCUT2D eigenvalue weighted by Crippen LogP contribution is 2.25. The summed E-state index contributed by atoms with van der Waals surface area (Å²) in [6.07, 6.45) is 1.67. The molecule has 1 aliphatic rings. The first-order chi connectivity index (χ1) is 12.2. The van der Waals surface area contributed by atoms with Crippen LogP contribution in [0.15, 0.2) is 61.2 Å². The maximum Gasteiger partial charge on any atom is 0.254 e. The smallest absolute Gasteiger partial charge is 0.254 e. The Bertz CT molecular complexity index is 752. The summed E-state index contributed by atoms with van der Waals surface area (Å²) in [5.41, 5.74) is 1.39. The number of piperazine rings is 1. The topological polar surface area (TPSA) is 41.6 Å². The van der Waals surface area contributed by atoms with Crippen molar-refractivity contribution in [2.75, 3.05) is 26.2 Å². The fraction of sp³-hybridized carbons (Fsp3) is 0.250. The Morgan fingerprint density at radius 1 is 1.31 bits per heavy atom. The minimum atomic E-state index is -0.292. The highest BCUT2D eigenvalue weighted by molar-refractivity contribution is 5.94. The molecule has 1 atom stereocenters. The summed E-state index contributed by atoms with van der Waals surface area (Å²) in [4.78, 5) is 14.7. The molecule has 1 N–H and O–H groups in total. The molecule has 0 radical (unpaired) electrons. The number of ether oxygens (including phenoxy) is 1. The number of carbonyl (C=O) groups is 1. The fourth-order valence-electron chi connectivity index (χ4n) is 2.97. The standard InChI is InChI=1S/C20H21FN2O2.ClH/c1-2-12-25-18-8-6-15(7-9-18)20(24)23-11-10-22-14-19(23)16-4-3-5-17(21)13-16;/h2-9,13,19,22H,1,10-12,14H2;1H. The lowest BCUT2D eigenvalue weighted by Gasteiger charge is -2.36. The molecule has 0 spiro atoms. The summed E-state index contributed by atoms with van der Waals surface area (Å²) in [6.45, 7) is 5.94. The summed E-state index contributed by atoms with van der Waals surface area (Å²) >= 11 is 0. The van der Waals surface area contributed by atoms with Crippen molar-refractivity contribution >= 4 is 18.3 Å². The first kappa shape index (κ1) is 19.9. The third kappa shape index (κ3) is 4.62. The van der Waals surface area contributed by atoms with E-state index in [0.29, 0.717) is 31.0 Å². The lowest BCUT2D eigenvalue weighted by atomic mass is 10.0. The number of carbonyl (C=O) groups excluding carboxylic acids is 1. The summed E-state index contributed by atoms with van der Waals surface area (Å²) in [5, 5.41) is 3.28. The quantitative estimate of drug-likeness (QED) is 0.811. The highest BCUT2D eigenvalue weighted by atomic mass is 35.5. The van der Waals surface area contributed by atoms with E-state index < -0.39 is 0 Å². The molecule has 2 aromatic carbocycles. The number of halogens is 2. The molecule has 138 valence electrons. The van der Waals surface area contributed by atoms with Crippen molar-refractivity contribution in [3.8, 4) is 5.75 Å². The number of hydrogen-bond donors (Lipinski definition) is 1. The monoisotopic (exact) mass is 376 g/mol. The average Bonchev–Trinajstić information content (AvgIpc) is 2.66. The first-order valence-corrected chi connectivity index (χ1v) is 8.30. The van der Waals surface area contributed by atoms with Crippen LogP contribution in [0.5, 0.6) is 5.75 Å². The molecule has 0 aliphatic carbocycles. The van der Waals surface area contributed by atoms with E-state index in [4.69, 9.17) is 4.74 Å². The zero-order valence-corrected chi connectivity index (χ0v) is 15.2. The SMILES string of the molecule is C=CCOc1ccc(C(=O)N2CCNCC2c2cccc(F)c2)cc1.Cl. The summed E-state index contributed by atoms with van der Waals surface area (Å²) in [7, 11) is 0. The Morgan fingerprint density at radius 2 is 2.08 bits per heavy atom. The van der Waals surface area contributed by atoms with Gasteiger partial charge >= 0.3 is 0 Å². The molecule has 1 fully saturated rings. The van der Waals surface area contributed by atoms with Crippen molar-refractivity contribution in [2.24, 2.45) is 0 Å². The maximum atomic E-state index is 13.6. The molecule has 6 heteroatoms.